The molecule has 0 fully saturated rings. The average Bonchev–Trinajstić information content (AvgIpc) is 2.27. The Morgan fingerprint density at radius 3 is 2.44 bits per heavy atom. The molecule has 3 heteroatoms. The van der Waals surface area contributed by atoms with Crippen LogP contribution in [0, 0.1) is 5.92 Å². The minimum Gasteiger partial charge on any atom is -0.459 e. The number of hydrogen-bond acceptors (Lipinski definition) is 3. The molecule has 0 saturated heterocycles. The molecule has 0 radical (unpaired) electrons. The Morgan fingerprint density at radius 2 is 1.94 bits per heavy atom. The lowest BCUT2D eigenvalue weighted by Gasteiger charge is -2.26. The van der Waals surface area contributed by atoms with Gasteiger partial charge in [0.15, 0.2) is 0 Å². The first kappa shape index (κ1) is 12.7. The van der Waals surface area contributed by atoms with Crippen molar-refractivity contribution in [2.24, 2.45) is 11.7 Å². The predicted molar refractivity (Wildman–Crippen MR) is 63.7 cm³/mol. The molecule has 0 aromatic heterocycles. The number of nitrogens with two attached hydrogens (primary N) is 1. The highest BCUT2D eigenvalue weighted by Crippen LogP contribution is 2.15. The molecule has 0 aliphatic heterocycles. The third-order valence-electron chi connectivity index (χ3n) is 2.85. The van der Waals surface area contributed by atoms with Crippen molar-refractivity contribution in [1.82, 2.24) is 0 Å². The molecule has 1 rings (SSSR count). The van der Waals surface area contributed by atoms with Crippen LogP contribution in [0.15, 0.2) is 30.3 Å². The third-order valence-corrected chi connectivity index (χ3v) is 2.85. The van der Waals surface area contributed by atoms with Crippen LogP contribution in [0.1, 0.15) is 26.3 Å². The van der Waals surface area contributed by atoms with Crippen LogP contribution in [0.5, 0.6) is 0 Å². The second-order valence-electron chi connectivity index (χ2n) is 4.50. The number of ether oxygens (including phenoxy) is 1. The first-order valence-electron chi connectivity index (χ1n) is 5.44. The molecule has 0 saturated carbocycles. The van der Waals surface area contributed by atoms with Gasteiger partial charge in [-0.1, -0.05) is 44.2 Å². The number of rotatable bonds is 4. The molecule has 0 heterocycles. The van der Waals surface area contributed by atoms with E-state index < -0.39 is 5.54 Å². The van der Waals surface area contributed by atoms with E-state index in [0.29, 0.717) is 0 Å². The summed E-state index contributed by atoms with van der Waals surface area (Å²) in [5.41, 5.74) is 5.94. The third kappa shape index (κ3) is 3.07. The fourth-order valence-corrected chi connectivity index (χ4v) is 1.11. The van der Waals surface area contributed by atoms with Gasteiger partial charge in [-0.25, -0.2) is 0 Å². The number of esters is 1. The zero-order valence-corrected chi connectivity index (χ0v) is 10.1. The van der Waals surface area contributed by atoms with Crippen LogP contribution in [0.25, 0.3) is 0 Å². The van der Waals surface area contributed by atoms with Gasteiger partial charge >= 0.3 is 5.97 Å². The SMILES string of the molecule is CC(C)C(C)(N)C(=O)OCc1ccccc1. The Morgan fingerprint density at radius 1 is 1.38 bits per heavy atom. The second kappa shape index (κ2) is 5.12. The molecule has 0 aliphatic rings. The minimum absolute atomic E-state index is 0.0516. The quantitative estimate of drug-likeness (QED) is 0.792. The maximum absolute atomic E-state index is 11.7. The van der Waals surface area contributed by atoms with Crippen molar-refractivity contribution < 1.29 is 9.53 Å². The fraction of sp³-hybridized carbons (Fsp3) is 0.462. The lowest BCUT2D eigenvalue weighted by atomic mass is 9.90. The summed E-state index contributed by atoms with van der Waals surface area (Å²) in [6, 6.07) is 9.57. The van der Waals surface area contributed by atoms with E-state index in [1.807, 2.05) is 44.2 Å². The van der Waals surface area contributed by atoms with Crippen molar-refractivity contribution in [3.8, 4) is 0 Å². The van der Waals surface area contributed by atoms with Gasteiger partial charge in [0.25, 0.3) is 0 Å². The summed E-state index contributed by atoms with van der Waals surface area (Å²) >= 11 is 0. The molecule has 0 bridgehead atoms. The van der Waals surface area contributed by atoms with Crippen LogP contribution in [0.4, 0.5) is 0 Å². The summed E-state index contributed by atoms with van der Waals surface area (Å²) in [7, 11) is 0. The summed E-state index contributed by atoms with van der Waals surface area (Å²) < 4.78 is 5.19. The van der Waals surface area contributed by atoms with E-state index in [2.05, 4.69) is 0 Å². The van der Waals surface area contributed by atoms with Gasteiger partial charge in [-0.3, -0.25) is 4.79 Å². The van der Waals surface area contributed by atoms with E-state index in [1.165, 1.54) is 0 Å². The molecule has 1 unspecified atom stereocenters. The van der Waals surface area contributed by atoms with Crippen molar-refractivity contribution in [3.63, 3.8) is 0 Å². The Balaban J connectivity index is 2.54. The lowest BCUT2D eigenvalue weighted by Crippen LogP contribution is -2.50. The molecule has 1 aromatic rings. The average molecular weight is 221 g/mol. The van der Waals surface area contributed by atoms with Crippen LogP contribution < -0.4 is 5.73 Å². The smallest absolute Gasteiger partial charge is 0.326 e. The number of benzene rings is 1. The summed E-state index contributed by atoms with van der Waals surface area (Å²) in [5.74, 6) is -0.304. The molecule has 16 heavy (non-hydrogen) atoms. The maximum Gasteiger partial charge on any atom is 0.326 e. The lowest BCUT2D eigenvalue weighted by molar-refractivity contribution is -0.152. The topological polar surface area (TPSA) is 52.3 Å². The molecule has 1 atom stereocenters. The van der Waals surface area contributed by atoms with Gasteiger partial charge < -0.3 is 10.5 Å². The first-order chi connectivity index (χ1) is 7.44. The van der Waals surface area contributed by atoms with E-state index in [0.717, 1.165) is 5.56 Å². The van der Waals surface area contributed by atoms with E-state index in [9.17, 15) is 4.79 Å². The molecule has 0 amide bonds. The van der Waals surface area contributed by atoms with Gasteiger partial charge in [0.2, 0.25) is 0 Å². The van der Waals surface area contributed by atoms with Gasteiger partial charge in [0.05, 0.1) is 0 Å². The summed E-state index contributed by atoms with van der Waals surface area (Å²) in [4.78, 5) is 11.7. The summed E-state index contributed by atoms with van der Waals surface area (Å²) in [6.45, 7) is 5.79. The monoisotopic (exact) mass is 221 g/mol. The molecule has 1 aromatic carbocycles. The van der Waals surface area contributed by atoms with Crippen LogP contribution in [0.3, 0.4) is 0 Å². The van der Waals surface area contributed by atoms with Crippen molar-refractivity contribution in [2.75, 3.05) is 0 Å². The van der Waals surface area contributed by atoms with Crippen LogP contribution >= 0.6 is 0 Å². The van der Waals surface area contributed by atoms with Gasteiger partial charge in [-0.05, 0) is 18.4 Å². The maximum atomic E-state index is 11.7. The summed E-state index contributed by atoms with van der Waals surface area (Å²) in [5, 5.41) is 0. The fourth-order valence-electron chi connectivity index (χ4n) is 1.11. The van der Waals surface area contributed by atoms with Crippen molar-refractivity contribution in [1.29, 1.82) is 0 Å². The Kier molecular flexibility index (Phi) is 4.07. The highest BCUT2D eigenvalue weighted by molar-refractivity contribution is 5.80. The van der Waals surface area contributed by atoms with Crippen molar-refractivity contribution in [2.45, 2.75) is 32.9 Å². The van der Waals surface area contributed by atoms with Gasteiger partial charge in [-0.2, -0.15) is 0 Å². The molecular formula is C13H19NO2. The number of carbonyl (C=O) groups excluding carboxylic acids is 1. The van der Waals surface area contributed by atoms with Crippen molar-refractivity contribution >= 4 is 5.97 Å². The minimum atomic E-state index is -0.922. The van der Waals surface area contributed by atoms with Gasteiger partial charge in [0.1, 0.15) is 12.1 Å². The standard InChI is InChI=1S/C13H19NO2/c1-10(2)13(3,14)12(15)16-9-11-7-5-4-6-8-11/h4-8,10H,9,14H2,1-3H3. The molecule has 2 N–H and O–H groups in total. The van der Waals surface area contributed by atoms with Crippen molar-refractivity contribution in [3.05, 3.63) is 35.9 Å². The Hall–Kier alpha value is -1.35. The summed E-state index contributed by atoms with van der Waals surface area (Å²) in [6.07, 6.45) is 0. The van der Waals surface area contributed by atoms with Gasteiger partial charge in [0, 0.05) is 0 Å². The number of hydrogen-bond donors (Lipinski definition) is 1. The van der Waals surface area contributed by atoms with E-state index in [-0.39, 0.29) is 18.5 Å². The highest BCUT2D eigenvalue weighted by atomic mass is 16.5. The van der Waals surface area contributed by atoms with E-state index in [4.69, 9.17) is 10.5 Å². The second-order valence-corrected chi connectivity index (χ2v) is 4.50. The first-order valence-corrected chi connectivity index (χ1v) is 5.44. The molecular weight excluding hydrogens is 202 g/mol. The van der Waals surface area contributed by atoms with Crippen LogP contribution in [-0.2, 0) is 16.1 Å². The highest BCUT2D eigenvalue weighted by Gasteiger charge is 2.33. The molecule has 3 nitrogen and oxygen atoms in total. The van der Waals surface area contributed by atoms with E-state index in [1.54, 1.807) is 6.92 Å². The number of carbonyl (C=O) groups is 1. The van der Waals surface area contributed by atoms with Crippen LogP contribution in [-0.4, -0.2) is 11.5 Å². The Bertz CT molecular complexity index is 344. The molecule has 0 aliphatic carbocycles. The largest absolute Gasteiger partial charge is 0.459 e. The van der Waals surface area contributed by atoms with E-state index >= 15 is 0 Å². The zero-order valence-electron chi connectivity index (χ0n) is 10.1. The molecule has 88 valence electrons. The predicted octanol–water partition coefficient (Wildman–Crippen LogP) is 2.10. The normalized spacial score (nSPS) is 14.6. The van der Waals surface area contributed by atoms with Gasteiger partial charge in [-0.15, -0.1) is 0 Å². The van der Waals surface area contributed by atoms with Crippen LogP contribution in [0.2, 0.25) is 0 Å². The molecule has 0 spiro atoms. The zero-order chi connectivity index (χ0) is 12.2. The Labute approximate surface area is 96.6 Å².